The van der Waals surface area contributed by atoms with Crippen LogP contribution in [-0.4, -0.2) is 24.5 Å². The SMILES string of the molecule is Cc1cc(-c2nc3cnccn3n2)ccc1[N+](=O)[O-]. The van der Waals surface area contributed by atoms with Gasteiger partial charge in [-0.25, -0.2) is 9.50 Å². The van der Waals surface area contributed by atoms with Gasteiger partial charge in [-0.1, -0.05) is 0 Å². The van der Waals surface area contributed by atoms with E-state index in [1.165, 1.54) is 6.07 Å². The first-order chi connectivity index (χ1) is 9.15. The molecule has 7 heteroatoms. The van der Waals surface area contributed by atoms with Gasteiger partial charge in [0.15, 0.2) is 11.5 Å². The van der Waals surface area contributed by atoms with E-state index < -0.39 is 4.92 Å². The summed E-state index contributed by atoms with van der Waals surface area (Å²) < 4.78 is 1.61. The van der Waals surface area contributed by atoms with Crippen molar-refractivity contribution in [1.29, 1.82) is 0 Å². The minimum Gasteiger partial charge on any atom is -0.259 e. The summed E-state index contributed by atoms with van der Waals surface area (Å²) in [4.78, 5) is 18.6. The lowest BCUT2D eigenvalue weighted by Gasteiger charge is -1.99. The number of nitro groups is 1. The van der Waals surface area contributed by atoms with Crippen LogP contribution in [0.5, 0.6) is 0 Å². The lowest BCUT2D eigenvalue weighted by molar-refractivity contribution is -0.385. The minimum absolute atomic E-state index is 0.0918. The van der Waals surface area contributed by atoms with Crippen molar-refractivity contribution in [2.24, 2.45) is 0 Å². The lowest BCUT2D eigenvalue weighted by Crippen LogP contribution is -1.92. The molecule has 0 radical (unpaired) electrons. The third-order valence-corrected chi connectivity index (χ3v) is 2.79. The predicted molar refractivity (Wildman–Crippen MR) is 67.6 cm³/mol. The number of aryl methyl sites for hydroxylation is 1. The zero-order valence-electron chi connectivity index (χ0n) is 10.0. The van der Waals surface area contributed by atoms with E-state index in [1.54, 1.807) is 42.2 Å². The van der Waals surface area contributed by atoms with E-state index >= 15 is 0 Å². The van der Waals surface area contributed by atoms with Crippen LogP contribution in [0, 0.1) is 17.0 Å². The Morgan fingerprint density at radius 1 is 1.37 bits per heavy atom. The van der Waals surface area contributed by atoms with Crippen molar-refractivity contribution in [3.05, 3.63) is 52.5 Å². The van der Waals surface area contributed by atoms with E-state index in [2.05, 4.69) is 15.1 Å². The summed E-state index contributed by atoms with van der Waals surface area (Å²) in [5.41, 5.74) is 2.05. The monoisotopic (exact) mass is 255 g/mol. The molecule has 0 spiro atoms. The second-order valence-corrected chi connectivity index (χ2v) is 4.07. The van der Waals surface area contributed by atoms with Gasteiger partial charge in [-0.15, -0.1) is 5.10 Å². The van der Waals surface area contributed by atoms with Crippen LogP contribution < -0.4 is 0 Å². The zero-order chi connectivity index (χ0) is 13.4. The zero-order valence-corrected chi connectivity index (χ0v) is 10.0. The topological polar surface area (TPSA) is 86.2 Å². The van der Waals surface area contributed by atoms with E-state index in [0.717, 1.165) is 5.56 Å². The second kappa shape index (κ2) is 4.13. The molecule has 0 bridgehead atoms. The third kappa shape index (κ3) is 1.90. The number of hydrogen-bond acceptors (Lipinski definition) is 5. The Kier molecular flexibility index (Phi) is 2.45. The molecule has 3 aromatic rings. The van der Waals surface area contributed by atoms with Gasteiger partial charge in [0.25, 0.3) is 5.69 Å². The highest BCUT2D eigenvalue weighted by Gasteiger charge is 2.13. The standard InChI is InChI=1S/C12H9N5O2/c1-8-6-9(2-3-10(8)17(18)19)12-14-11-7-13-4-5-16(11)15-12/h2-7H,1H3. The van der Waals surface area contributed by atoms with E-state index in [0.29, 0.717) is 17.0 Å². The van der Waals surface area contributed by atoms with Crippen LogP contribution >= 0.6 is 0 Å². The Morgan fingerprint density at radius 3 is 2.89 bits per heavy atom. The highest BCUT2D eigenvalue weighted by Crippen LogP contribution is 2.24. The largest absolute Gasteiger partial charge is 0.272 e. The summed E-state index contributed by atoms with van der Waals surface area (Å²) in [5.74, 6) is 0.519. The molecular formula is C12H9N5O2. The number of fused-ring (bicyclic) bond motifs is 1. The molecule has 0 unspecified atom stereocenters. The predicted octanol–water partition coefficient (Wildman–Crippen LogP) is 2.01. The molecule has 0 atom stereocenters. The average Bonchev–Trinajstić information content (AvgIpc) is 2.81. The Bertz CT molecular complexity index is 748. The summed E-state index contributed by atoms with van der Waals surface area (Å²) in [6, 6.07) is 4.82. The van der Waals surface area contributed by atoms with Crippen LogP contribution in [0.1, 0.15) is 5.56 Å². The third-order valence-electron chi connectivity index (χ3n) is 2.79. The molecule has 0 saturated heterocycles. The first-order valence-corrected chi connectivity index (χ1v) is 5.57. The fourth-order valence-corrected chi connectivity index (χ4v) is 1.87. The molecular weight excluding hydrogens is 246 g/mol. The van der Waals surface area contributed by atoms with Crippen LogP contribution in [0.3, 0.4) is 0 Å². The molecule has 0 aliphatic heterocycles. The van der Waals surface area contributed by atoms with Crippen molar-refractivity contribution in [3.63, 3.8) is 0 Å². The Balaban J connectivity index is 2.11. The molecule has 19 heavy (non-hydrogen) atoms. The van der Waals surface area contributed by atoms with Crippen molar-refractivity contribution < 1.29 is 4.92 Å². The van der Waals surface area contributed by atoms with Gasteiger partial charge < -0.3 is 0 Å². The lowest BCUT2D eigenvalue weighted by atomic mass is 10.1. The maximum Gasteiger partial charge on any atom is 0.272 e. The van der Waals surface area contributed by atoms with Crippen LogP contribution in [-0.2, 0) is 0 Å². The first kappa shape index (κ1) is 11.3. The highest BCUT2D eigenvalue weighted by molar-refractivity contribution is 5.61. The molecule has 0 amide bonds. The van der Waals surface area contributed by atoms with Crippen LogP contribution in [0.25, 0.3) is 17.0 Å². The number of benzene rings is 1. The fourth-order valence-electron chi connectivity index (χ4n) is 1.87. The number of aromatic nitrogens is 4. The van der Waals surface area contributed by atoms with Gasteiger partial charge in [0, 0.05) is 29.6 Å². The van der Waals surface area contributed by atoms with Gasteiger partial charge in [0.1, 0.15) is 0 Å². The summed E-state index contributed by atoms with van der Waals surface area (Å²) in [6.07, 6.45) is 4.92. The van der Waals surface area contributed by atoms with Gasteiger partial charge in [0.2, 0.25) is 0 Å². The van der Waals surface area contributed by atoms with Gasteiger partial charge in [-0.05, 0) is 19.1 Å². The quantitative estimate of drug-likeness (QED) is 0.516. The minimum atomic E-state index is -0.403. The van der Waals surface area contributed by atoms with Crippen molar-refractivity contribution in [3.8, 4) is 11.4 Å². The Labute approximate surface area is 107 Å². The van der Waals surface area contributed by atoms with Crippen molar-refractivity contribution in [2.75, 3.05) is 0 Å². The summed E-state index contributed by atoms with van der Waals surface area (Å²) >= 11 is 0. The number of hydrogen-bond donors (Lipinski definition) is 0. The number of nitrogens with zero attached hydrogens (tertiary/aromatic N) is 5. The molecule has 2 aromatic heterocycles. The van der Waals surface area contributed by atoms with E-state index in [4.69, 9.17) is 0 Å². The van der Waals surface area contributed by atoms with Gasteiger partial charge in [-0.3, -0.25) is 15.1 Å². The average molecular weight is 255 g/mol. The molecule has 0 N–H and O–H groups in total. The highest BCUT2D eigenvalue weighted by atomic mass is 16.6. The molecule has 3 rings (SSSR count). The molecule has 7 nitrogen and oxygen atoms in total. The van der Waals surface area contributed by atoms with E-state index in [9.17, 15) is 10.1 Å². The van der Waals surface area contributed by atoms with Crippen molar-refractivity contribution in [1.82, 2.24) is 19.6 Å². The van der Waals surface area contributed by atoms with E-state index in [-0.39, 0.29) is 5.69 Å². The molecule has 2 heterocycles. The Morgan fingerprint density at radius 2 is 2.21 bits per heavy atom. The summed E-state index contributed by atoms with van der Waals surface area (Å²) in [7, 11) is 0. The molecule has 94 valence electrons. The summed E-state index contributed by atoms with van der Waals surface area (Å²) in [5, 5.41) is 15.1. The smallest absolute Gasteiger partial charge is 0.259 e. The fraction of sp³-hybridized carbons (Fsp3) is 0.0833. The normalized spacial score (nSPS) is 10.8. The van der Waals surface area contributed by atoms with Crippen LogP contribution in [0.15, 0.2) is 36.8 Å². The molecule has 0 aliphatic rings. The molecule has 0 saturated carbocycles. The van der Waals surface area contributed by atoms with Gasteiger partial charge >= 0.3 is 0 Å². The van der Waals surface area contributed by atoms with Gasteiger partial charge in [0.05, 0.1) is 11.1 Å². The van der Waals surface area contributed by atoms with Gasteiger partial charge in [-0.2, -0.15) is 0 Å². The first-order valence-electron chi connectivity index (χ1n) is 5.57. The molecule has 0 aliphatic carbocycles. The maximum atomic E-state index is 10.8. The number of rotatable bonds is 2. The second-order valence-electron chi connectivity index (χ2n) is 4.07. The van der Waals surface area contributed by atoms with Crippen molar-refractivity contribution in [2.45, 2.75) is 6.92 Å². The number of nitro benzene ring substituents is 1. The molecule has 1 aromatic carbocycles. The molecule has 0 fully saturated rings. The van der Waals surface area contributed by atoms with Crippen LogP contribution in [0.4, 0.5) is 5.69 Å². The van der Waals surface area contributed by atoms with E-state index in [1.807, 2.05) is 0 Å². The van der Waals surface area contributed by atoms with Crippen molar-refractivity contribution >= 4 is 11.3 Å². The summed E-state index contributed by atoms with van der Waals surface area (Å²) in [6.45, 7) is 1.69. The van der Waals surface area contributed by atoms with Crippen LogP contribution in [0.2, 0.25) is 0 Å². The maximum absolute atomic E-state index is 10.8. The Hall–Kier alpha value is -2.83.